The Balaban J connectivity index is -0.000000180. The molecule has 0 saturated heterocycles. The molecular formula is C2H3NaO5. The molecule has 0 atom stereocenters. The first-order valence-electron chi connectivity index (χ1n) is 1.26. The molecule has 0 rings (SSSR count). The third-order valence-electron chi connectivity index (χ3n) is 0.175. The third-order valence-corrected chi connectivity index (χ3v) is 0.175. The van der Waals surface area contributed by atoms with Crippen LogP contribution in [0.1, 0.15) is 1.43 Å². The summed E-state index contributed by atoms with van der Waals surface area (Å²) in [5.74, 6) is 0. The van der Waals surface area contributed by atoms with Crippen molar-refractivity contribution in [2.24, 2.45) is 0 Å². The number of rotatable bonds is 0. The maximum atomic E-state index is 9.21. The molecule has 0 bridgehead atoms. The Hall–Kier alpha value is -0.260. The van der Waals surface area contributed by atoms with Crippen LogP contribution in [0.25, 0.3) is 0 Å². The van der Waals surface area contributed by atoms with E-state index in [1.54, 1.807) is 0 Å². The molecule has 6 heteroatoms. The standard InChI is InChI=1S/C2H2O5.Na.H/c3-1(4)7-2(5)6;;/h(H,3,4)(H,5,6);;/q;+1;-1. The summed E-state index contributed by atoms with van der Waals surface area (Å²) >= 11 is 0. The van der Waals surface area contributed by atoms with Crippen molar-refractivity contribution in [1.82, 2.24) is 0 Å². The van der Waals surface area contributed by atoms with Gasteiger partial charge in [0.05, 0.1) is 0 Å². The third kappa shape index (κ3) is 9.22. The molecular weight excluding hydrogens is 127 g/mol. The fourth-order valence-electron chi connectivity index (χ4n) is 0.0747. The van der Waals surface area contributed by atoms with Crippen molar-refractivity contribution in [1.29, 1.82) is 0 Å². The molecule has 5 nitrogen and oxygen atoms in total. The van der Waals surface area contributed by atoms with Gasteiger partial charge in [-0.3, -0.25) is 0 Å². The summed E-state index contributed by atoms with van der Waals surface area (Å²) < 4.78 is 3.08. The van der Waals surface area contributed by atoms with Crippen LogP contribution in [0.2, 0.25) is 0 Å². The molecule has 0 heterocycles. The topological polar surface area (TPSA) is 83.8 Å². The van der Waals surface area contributed by atoms with Crippen LogP contribution in [-0.2, 0) is 4.74 Å². The van der Waals surface area contributed by atoms with Gasteiger partial charge in [0.25, 0.3) is 0 Å². The van der Waals surface area contributed by atoms with E-state index in [1.165, 1.54) is 0 Å². The Morgan fingerprint density at radius 1 is 1.25 bits per heavy atom. The molecule has 0 aromatic rings. The minimum Gasteiger partial charge on any atom is -1.00 e. The molecule has 0 amide bonds. The molecule has 0 aromatic carbocycles. The zero-order valence-corrected chi connectivity index (χ0v) is 6.12. The largest absolute Gasteiger partial charge is 1.00 e. The zero-order valence-electron chi connectivity index (χ0n) is 5.12. The van der Waals surface area contributed by atoms with Crippen LogP contribution in [0.3, 0.4) is 0 Å². The van der Waals surface area contributed by atoms with Crippen LogP contribution in [0.5, 0.6) is 0 Å². The average Bonchev–Trinajstić information content (AvgIpc) is 1.27. The van der Waals surface area contributed by atoms with Gasteiger partial charge in [0.2, 0.25) is 0 Å². The first-order valence-corrected chi connectivity index (χ1v) is 1.26. The summed E-state index contributed by atoms with van der Waals surface area (Å²) in [5.41, 5.74) is 0. The van der Waals surface area contributed by atoms with Crippen molar-refractivity contribution in [2.45, 2.75) is 0 Å². The maximum absolute atomic E-state index is 9.21. The van der Waals surface area contributed by atoms with Gasteiger partial charge in [-0.25, -0.2) is 9.59 Å². The van der Waals surface area contributed by atoms with Gasteiger partial charge in [-0.15, -0.1) is 0 Å². The van der Waals surface area contributed by atoms with Gasteiger partial charge in [-0.05, 0) is 0 Å². The van der Waals surface area contributed by atoms with E-state index in [2.05, 4.69) is 4.74 Å². The number of hydrogen-bond acceptors (Lipinski definition) is 3. The summed E-state index contributed by atoms with van der Waals surface area (Å²) in [6, 6.07) is 0. The van der Waals surface area contributed by atoms with Crippen molar-refractivity contribution >= 4 is 12.3 Å². The Bertz CT molecular complexity index is 91.1. The van der Waals surface area contributed by atoms with E-state index in [1.807, 2.05) is 0 Å². The van der Waals surface area contributed by atoms with Crippen LogP contribution in [0.4, 0.5) is 9.59 Å². The maximum Gasteiger partial charge on any atom is 1.00 e. The smallest absolute Gasteiger partial charge is 1.00 e. The summed E-state index contributed by atoms with van der Waals surface area (Å²) in [4.78, 5) is 18.4. The Kier molecular flexibility index (Phi) is 6.52. The van der Waals surface area contributed by atoms with E-state index in [4.69, 9.17) is 10.2 Å². The van der Waals surface area contributed by atoms with Gasteiger partial charge in [-0.1, -0.05) is 0 Å². The molecule has 0 saturated carbocycles. The van der Waals surface area contributed by atoms with Crippen LogP contribution in [-0.4, -0.2) is 22.5 Å². The van der Waals surface area contributed by atoms with Crippen LogP contribution >= 0.6 is 0 Å². The summed E-state index contributed by atoms with van der Waals surface area (Å²) in [7, 11) is 0. The second kappa shape index (κ2) is 4.89. The van der Waals surface area contributed by atoms with Gasteiger partial charge < -0.3 is 16.4 Å². The first kappa shape index (κ1) is 10.7. The predicted molar refractivity (Wildman–Crippen MR) is 18.2 cm³/mol. The number of hydrogen-bond donors (Lipinski definition) is 2. The summed E-state index contributed by atoms with van der Waals surface area (Å²) in [5, 5.41) is 15.0. The minimum absolute atomic E-state index is 0. The van der Waals surface area contributed by atoms with Crippen molar-refractivity contribution in [3.63, 3.8) is 0 Å². The number of ether oxygens (including phenoxy) is 1. The van der Waals surface area contributed by atoms with Gasteiger partial charge in [-0.2, -0.15) is 0 Å². The Morgan fingerprint density at radius 2 is 1.50 bits per heavy atom. The molecule has 8 heavy (non-hydrogen) atoms. The van der Waals surface area contributed by atoms with E-state index >= 15 is 0 Å². The molecule has 0 aliphatic rings. The normalized spacial score (nSPS) is 6.50. The van der Waals surface area contributed by atoms with Gasteiger partial charge in [0.15, 0.2) is 0 Å². The zero-order chi connectivity index (χ0) is 5.86. The van der Waals surface area contributed by atoms with E-state index < -0.39 is 12.3 Å². The van der Waals surface area contributed by atoms with Gasteiger partial charge in [0, 0.05) is 0 Å². The van der Waals surface area contributed by atoms with E-state index in [0.29, 0.717) is 0 Å². The van der Waals surface area contributed by atoms with Crippen molar-refractivity contribution in [3.8, 4) is 0 Å². The monoisotopic (exact) mass is 130 g/mol. The Morgan fingerprint density at radius 3 is 1.50 bits per heavy atom. The molecule has 0 aliphatic heterocycles. The van der Waals surface area contributed by atoms with Crippen molar-refractivity contribution in [3.05, 3.63) is 0 Å². The van der Waals surface area contributed by atoms with Crippen molar-refractivity contribution < 1.29 is 55.5 Å². The van der Waals surface area contributed by atoms with E-state index in [-0.39, 0.29) is 31.0 Å². The van der Waals surface area contributed by atoms with Crippen LogP contribution in [0, 0.1) is 0 Å². The van der Waals surface area contributed by atoms with E-state index in [0.717, 1.165) is 0 Å². The molecule has 42 valence electrons. The summed E-state index contributed by atoms with van der Waals surface area (Å²) in [6.07, 6.45) is -3.62. The Labute approximate surface area is 68.0 Å². The molecule has 0 fully saturated rings. The fraction of sp³-hybridized carbons (Fsp3) is 0. The van der Waals surface area contributed by atoms with Crippen LogP contribution < -0.4 is 29.6 Å². The predicted octanol–water partition coefficient (Wildman–Crippen LogP) is -2.52. The van der Waals surface area contributed by atoms with Gasteiger partial charge in [0.1, 0.15) is 0 Å². The second-order valence-corrected chi connectivity index (χ2v) is 0.634. The number of carboxylic acid groups (broad SMARTS) is 2. The molecule has 0 spiro atoms. The second-order valence-electron chi connectivity index (χ2n) is 0.634. The fourth-order valence-corrected chi connectivity index (χ4v) is 0.0747. The minimum atomic E-state index is -1.81. The SMILES string of the molecule is O=C(O)OC(=O)O.[H-].[Na+]. The molecule has 0 unspecified atom stereocenters. The van der Waals surface area contributed by atoms with E-state index in [9.17, 15) is 9.59 Å². The number of carbonyl (C=O) groups is 2. The summed E-state index contributed by atoms with van der Waals surface area (Å²) in [6.45, 7) is 0. The molecule has 0 radical (unpaired) electrons. The average molecular weight is 130 g/mol. The molecule has 0 aromatic heterocycles. The molecule has 2 N–H and O–H groups in total. The quantitative estimate of drug-likeness (QED) is 0.215. The van der Waals surface area contributed by atoms with Crippen LogP contribution in [0.15, 0.2) is 0 Å². The van der Waals surface area contributed by atoms with Crippen molar-refractivity contribution in [2.75, 3.05) is 0 Å². The van der Waals surface area contributed by atoms with Gasteiger partial charge >= 0.3 is 41.9 Å². The molecule has 0 aliphatic carbocycles. The first-order chi connectivity index (χ1) is 3.13.